The number of nitrogens with one attached hydrogen (secondary N) is 1. The molecular formula is C13H16IN3O2. The summed E-state index contributed by atoms with van der Waals surface area (Å²) >= 11 is 2.16. The summed E-state index contributed by atoms with van der Waals surface area (Å²) < 4.78 is 0.959. The van der Waals surface area contributed by atoms with Gasteiger partial charge in [0.2, 0.25) is 5.91 Å². The highest BCUT2D eigenvalue weighted by atomic mass is 127. The average Bonchev–Trinajstić information content (AvgIpc) is 2.91. The molecule has 0 bridgehead atoms. The fourth-order valence-electron chi connectivity index (χ4n) is 2.48. The van der Waals surface area contributed by atoms with Gasteiger partial charge in [-0.15, -0.1) is 0 Å². The van der Waals surface area contributed by atoms with Crippen molar-refractivity contribution in [2.24, 2.45) is 16.3 Å². The lowest BCUT2D eigenvalue weighted by atomic mass is 9.83. The molecule has 1 aromatic rings. The third-order valence-corrected chi connectivity index (χ3v) is 4.55. The highest BCUT2D eigenvalue weighted by molar-refractivity contribution is 14.1. The number of oxime groups is 1. The van der Waals surface area contributed by atoms with Crippen molar-refractivity contribution >= 4 is 40.0 Å². The Morgan fingerprint density at radius 3 is 2.58 bits per heavy atom. The number of hydrogen-bond acceptors (Lipinski definition) is 3. The maximum Gasteiger partial charge on any atom is 0.238 e. The molecule has 0 unspecified atom stereocenters. The third-order valence-electron chi connectivity index (χ3n) is 3.61. The van der Waals surface area contributed by atoms with E-state index in [1.54, 1.807) is 0 Å². The number of benzene rings is 1. The minimum Gasteiger partial charge on any atom is -0.409 e. The molecule has 5 nitrogen and oxygen atoms in total. The Morgan fingerprint density at radius 1 is 1.37 bits per heavy atom. The standard InChI is InChI=1S/C13H16IN3O2/c14-9-5-1-2-6-10(9)16-12(18)13(11(15)17-19)7-3-4-8-13/h1-2,5-6,19H,3-4,7-8H2,(H2,15,17)(H,16,18). The normalized spacial score (nSPS) is 18.3. The summed E-state index contributed by atoms with van der Waals surface area (Å²) in [5, 5.41) is 14.9. The predicted octanol–water partition coefficient (Wildman–Crippen LogP) is 2.54. The lowest BCUT2D eigenvalue weighted by Crippen LogP contribution is -2.45. The zero-order valence-corrected chi connectivity index (χ0v) is 12.6. The monoisotopic (exact) mass is 373 g/mol. The number of amides is 1. The van der Waals surface area contributed by atoms with Crippen molar-refractivity contribution in [2.75, 3.05) is 5.32 Å². The molecule has 0 aliphatic heterocycles. The van der Waals surface area contributed by atoms with E-state index < -0.39 is 5.41 Å². The van der Waals surface area contributed by atoms with E-state index in [2.05, 4.69) is 33.1 Å². The number of anilines is 1. The summed E-state index contributed by atoms with van der Waals surface area (Å²) in [7, 11) is 0. The molecule has 1 aliphatic rings. The van der Waals surface area contributed by atoms with Gasteiger partial charge in [-0.05, 0) is 47.6 Å². The van der Waals surface area contributed by atoms with Crippen molar-refractivity contribution in [2.45, 2.75) is 25.7 Å². The molecule has 4 N–H and O–H groups in total. The second-order valence-corrected chi connectivity index (χ2v) is 5.87. The van der Waals surface area contributed by atoms with E-state index in [-0.39, 0.29) is 11.7 Å². The molecule has 19 heavy (non-hydrogen) atoms. The fraction of sp³-hybridized carbons (Fsp3) is 0.385. The van der Waals surface area contributed by atoms with E-state index in [0.717, 1.165) is 22.1 Å². The van der Waals surface area contributed by atoms with Gasteiger partial charge in [0.1, 0.15) is 5.41 Å². The maximum atomic E-state index is 12.5. The molecule has 0 heterocycles. The molecule has 6 heteroatoms. The van der Waals surface area contributed by atoms with Gasteiger partial charge < -0.3 is 16.3 Å². The van der Waals surface area contributed by atoms with E-state index in [4.69, 9.17) is 10.9 Å². The Kier molecular flexibility index (Phi) is 4.28. The minimum atomic E-state index is -0.867. The number of carbonyl (C=O) groups is 1. The van der Waals surface area contributed by atoms with Crippen LogP contribution in [0.4, 0.5) is 5.69 Å². The van der Waals surface area contributed by atoms with E-state index >= 15 is 0 Å². The lowest BCUT2D eigenvalue weighted by Gasteiger charge is -2.26. The van der Waals surface area contributed by atoms with Crippen molar-refractivity contribution in [3.05, 3.63) is 27.8 Å². The molecule has 1 saturated carbocycles. The first-order valence-electron chi connectivity index (χ1n) is 6.14. The number of halogens is 1. The molecule has 0 spiro atoms. The van der Waals surface area contributed by atoms with Gasteiger partial charge in [-0.25, -0.2) is 0 Å². The van der Waals surface area contributed by atoms with Crippen LogP contribution in [-0.2, 0) is 4.79 Å². The number of carbonyl (C=O) groups excluding carboxylic acids is 1. The van der Waals surface area contributed by atoms with Crippen molar-refractivity contribution in [3.8, 4) is 0 Å². The van der Waals surface area contributed by atoms with Crippen LogP contribution in [0.2, 0.25) is 0 Å². The zero-order valence-electron chi connectivity index (χ0n) is 10.4. The first-order chi connectivity index (χ1) is 9.10. The quantitative estimate of drug-likeness (QED) is 0.250. The van der Waals surface area contributed by atoms with Crippen LogP contribution in [0.25, 0.3) is 0 Å². The molecule has 2 rings (SSSR count). The Labute approximate surface area is 125 Å². The van der Waals surface area contributed by atoms with Gasteiger partial charge in [0.25, 0.3) is 0 Å². The largest absolute Gasteiger partial charge is 0.409 e. The molecule has 102 valence electrons. The first-order valence-corrected chi connectivity index (χ1v) is 7.22. The fourth-order valence-corrected chi connectivity index (χ4v) is 3.00. The number of rotatable bonds is 3. The summed E-state index contributed by atoms with van der Waals surface area (Å²) in [5.41, 5.74) is 5.63. The SMILES string of the molecule is NC(=NO)C1(C(=O)Nc2ccccc2I)CCCC1. The lowest BCUT2D eigenvalue weighted by molar-refractivity contribution is -0.122. The van der Waals surface area contributed by atoms with Crippen LogP contribution in [0.15, 0.2) is 29.4 Å². The van der Waals surface area contributed by atoms with Crippen LogP contribution >= 0.6 is 22.6 Å². The zero-order chi connectivity index (χ0) is 13.9. The van der Waals surface area contributed by atoms with Crippen LogP contribution in [-0.4, -0.2) is 17.0 Å². The van der Waals surface area contributed by atoms with Crippen molar-refractivity contribution in [1.82, 2.24) is 0 Å². The second kappa shape index (κ2) is 5.77. The molecule has 0 atom stereocenters. The molecule has 1 aromatic carbocycles. The number of hydrogen-bond donors (Lipinski definition) is 3. The topological polar surface area (TPSA) is 87.7 Å². The number of para-hydroxylation sites is 1. The minimum absolute atomic E-state index is 0.00781. The maximum absolute atomic E-state index is 12.5. The van der Waals surface area contributed by atoms with E-state index in [1.165, 1.54) is 0 Å². The Hall–Kier alpha value is -1.31. The van der Waals surface area contributed by atoms with Gasteiger partial charge in [0, 0.05) is 3.57 Å². The highest BCUT2D eigenvalue weighted by Crippen LogP contribution is 2.39. The van der Waals surface area contributed by atoms with Crippen LogP contribution in [0.3, 0.4) is 0 Å². The van der Waals surface area contributed by atoms with Crippen LogP contribution in [0.5, 0.6) is 0 Å². The van der Waals surface area contributed by atoms with Gasteiger partial charge in [0.15, 0.2) is 5.84 Å². The van der Waals surface area contributed by atoms with E-state index in [9.17, 15) is 4.79 Å². The van der Waals surface area contributed by atoms with E-state index in [1.807, 2.05) is 24.3 Å². The molecule has 0 saturated heterocycles. The summed E-state index contributed by atoms with van der Waals surface area (Å²) in [5.74, 6) is -0.183. The van der Waals surface area contributed by atoms with Crippen LogP contribution in [0.1, 0.15) is 25.7 Å². The number of nitrogens with zero attached hydrogens (tertiary/aromatic N) is 1. The van der Waals surface area contributed by atoms with Gasteiger partial charge >= 0.3 is 0 Å². The highest BCUT2D eigenvalue weighted by Gasteiger charge is 2.45. The number of amidine groups is 1. The second-order valence-electron chi connectivity index (χ2n) is 4.71. The Balaban J connectivity index is 2.25. The molecule has 1 amide bonds. The van der Waals surface area contributed by atoms with Crippen molar-refractivity contribution < 1.29 is 10.0 Å². The van der Waals surface area contributed by atoms with Crippen LogP contribution in [0, 0.1) is 8.99 Å². The third kappa shape index (κ3) is 2.68. The van der Waals surface area contributed by atoms with Crippen LogP contribution < -0.4 is 11.1 Å². The van der Waals surface area contributed by atoms with Crippen molar-refractivity contribution in [1.29, 1.82) is 0 Å². The molecular weight excluding hydrogens is 357 g/mol. The smallest absolute Gasteiger partial charge is 0.238 e. The van der Waals surface area contributed by atoms with Gasteiger partial charge in [-0.1, -0.05) is 30.1 Å². The Morgan fingerprint density at radius 2 is 2.00 bits per heavy atom. The molecule has 0 radical (unpaired) electrons. The average molecular weight is 373 g/mol. The molecule has 1 aliphatic carbocycles. The molecule has 0 aromatic heterocycles. The van der Waals surface area contributed by atoms with E-state index in [0.29, 0.717) is 12.8 Å². The first kappa shape index (κ1) is 14.1. The van der Waals surface area contributed by atoms with Gasteiger partial charge in [0.05, 0.1) is 5.69 Å². The summed E-state index contributed by atoms with van der Waals surface area (Å²) in [6, 6.07) is 7.53. The Bertz CT molecular complexity index is 510. The summed E-state index contributed by atoms with van der Waals surface area (Å²) in [6.45, 7) is 0. The van der Waals surface area contributed by atoms with Gasteiger partial charge in [-0.2, -0.15) is 0 Å². The number of nitrogens with two attached hydrogens (primary N) is 1. The van der Waals surface area contributed by atoms with Gasteiger partial charge in [-0.3, -0.25) is 4.79 Å². The predicted molar refractivity (Wildman–Crippen MR) is 82.1 cm³/mol. The summed E-state index contributed by atoms with van der Waals surface area (Å²) in [4.78, 5) is 12.5. The van der Waals surface area contributed by atoms with Crippen molar-refractivity contribution in [3.63, 3.8) is 0 Å². The summed E-state index contributed by atoms with van der Waals surface area (Å²) in [6.07, 6.45) is 3.07. The molecule has 1 fully saturated rings.